The van der Waals surface area contributed by atoms with E-state index in [0.717, 1.165) is 23.3 Å². The summed E-state index contributed by atoms with van der Waals surface area (Å²) >= 11 is 1.54. The molecule has 0 radical (unpaired) electrons. The van der Waals surface area contributed by atoms with Crippen LogP contribution >= 0.6 is 11.3 Å². The topological polar surface area (TPSA) is 97.4 Å². The third-order valence-electron chi connectivity index (χ3n) is 6.00. The van der Waals surface area contributed by atoms with Crippen LogP contribution in [0.5, 0.6) is 0 Å². The maximum absolute atomic E-state index is 10.1. The van der Waals surface area contributed by atoms with Gasteiger partial charge in [-0.2, -0.15) is 15.8 Å². The van der Waals surface area contributed by atoms with Crippen LogP contribution in [-0.2, 0) is 0 Å². The van der Waals surface area contributed by atoms with Crippen LogP contribution < -0.4 is 5.73 Å². The van der Waals surface area contributed by atoms with Gasteiger partial charge in [-0.3, -0.25) is 0 Å². The highest BCUT2D eigenvalue weighted by Gasteiger charge is 2.54. The minimum Gasteiger partial charge on any atom is -0.399 e. The lowest BCUT2D eigenvalue weighted by Crippen LogP contribution is -2.43. The van der Waals surface area contributed by atoms with Gasteiger partial charge in [-0.1, -0.05) is 42.5 Å². The normalized spacial score (nSPS) is 25.6. The van der Waals surface area contributed by atoms with Gasteiger partial charge in [0.1, 0.15) is 6.07 Å². The van der Waals surface area contributed by atoms with E-state index in [4.69, 9.17) is 5.73 Å². The summed E-state index contributed by atoms with van der Waals surface area (Å²) < 4.78 is 0. The van der Waals surface area contributed by atoms with Gasteiger partial charge in [0, 0.05) is 10.8 Å². The van der Waals surface area contributed by atoms with Crippen molar-refractivity contribution >= 4 is 11.3 Å². The van der Waals surface area contributed by atoms with Crippen LogP contribution in [0, 0.1) is 45.3 Å². The third kappa shape index (κ3) is 2.55. The quantitative estimate of drug-likeness (QED) is 0.811. The Kier molecular flexibility index (Phi) is 4.52. The smallest absolute Gasteiger partial charge is 0.192 e. The van der Waals surface area contributed by atoms with Crippen molar-refractivity contribution in [1.82, 2.24) is 0 Å². The molecule has 28 heavy (non-hydrogen) atoms. The van der Waals surface area contributed by atoms with Gasteiger partial charge >= 0.3 is 0 Å². The highest BCUT2D eigenvalue weighted by Crippen LogP contribution is 2.58. The van der Waals surface area contributed by atoms with Crippen molar-refractivity contribution in [2.75, 3.05) is 0 Å². The van der Waals surface area contributed by atoms with Crippen molar-refractivity contribution in [3.63, 3.8) is 0 Å². The van der Waals surface area contributed by atoms with Gasteiger partial charge in [-0.15, -0.1) is 11.3 Å². The summed E-state index contributed by atoms with van der Waals surface area (Å²) in [4.78, 5) is 0.965. The molecule has 4 rings (SSSR count). The summed E-state index contributed by atoms with van der Waals surface area (Å²) in [6.45, 7) is 0. The highest BCUT2D eigenvalue weighted by atomic mass is 32.1. The molecule has 136 valence electrons. The minimum atomic E-state index is -1.53. The Morgan fingerprint density at radius 1 is 1.04 bits per heavy atom. The van der Waals surface area contributed by atoms with Crippen molar-refractivity contribution in [3.8, 4) is 18.2 Å². The molecule has 0 unspecified atom stereocenters. The van der Waals surface area contributed by atoms with Crippen LogP contribution in [0.4, 0.5) is 0 Å². The molecule has 3 atom stereocenters. The molecular formula is C23H18N4S. The standard InChI is InChI=1S/C23H18N4S/c24-12-19-17-9-8-16(15-5-2-1-3-6-15)11-18(17)21(20-7-4-10-28-20)23(13-25,14-26)22(19)27/h1-7,9-10,16,18,21H,8,11,27H2/t16-,18+,21+/m1/s1. The molecule has 1 aromatic carbocycles. The fourth-order valence-corrected chi connectivity index (χ4v) is 5.62. The predicted molar refractivity (Wildman–Crippen MR) is 108 cm³/mol. The summed E-state index contributed by atoms with van der Waals surface area (Å²) in [6.07, 6.45) is 3.69. The summed E-state index contributed by atoms with van der Waals surface area (Å²) in [5.74, 6) is -0.192. The van der Waals surface area contributed by atoms with Gasteiger partial charge in [0.2, 0.25) is 0 Å². The van der Waals surface area contributed by atoms with E-state index >= 15 is 0 Å². The predicted octanol–water partition coefficient (Wildman–Crippen LogP) is 4.74. The van der Waals surface area contributed by atoms with E-state index in [1.807, 2.05) is 35.7 Å². The number of nitrogens with zero attached hydrogens (tertiary/aromatic N) is 3. The number of nitriles is 3. The van der Waals surface area contributed by atoms with Gasteiger partial charge in [0.15, 0.2) is 5.41 Å². The van der Waals surface area contributed by atoms with E-state index in [1.54, 1.807) is 0 Å². The number of nitrogens with two attached hydrogens (primary N) is 1. The molecule has 0 amide bonds. The van der Waals surface area contributed by atoms with Crippen molar-refractivity contribution < 1.29 is 0 Å². The third-order valence-corrected chi connectivity index (χ3v) is 6.95. The van der Waals surface area contributed by atoms with Crippen LogP contribution in [0.15, 0.2) is 70.8 Å². The zero-order valence-corrected chi connectivity index (χ0v) is 16.0. The average molecular weight is 382 g/mol. The summed E-state index contributed by atoms with van der Waals surface area (Å²) in [6, 6.07) is 20.7. The molecule has 0 aliphatic heterocycles. The van der Waals surface area contributed by atoms with Crippen LogP contribution in [0.3, 0.4) is 0 Å². The van der Waals surface area contributed by atoms with E-state index in [0.29, 0.717) is 5.57 Å². The molecule has 0 spiro atoms. The molecule has 5 heteroatoms. The first-order valence-corrected chi connectivity index (χ1v) is 10.1. The van der Waals surface area contributed by atoms with Gasteiger partial charge < -0.3 is 5.73 Å². The number of benzene rings is 1. The van der Waals surface area contributed by atoms with E-state index in [-0.39, 0.29) is 23.5 Å². The lowest BCUT2D eigenvalue weighted by molar-refractivity contribution is 0.307. The van der Waals surface area contributed by atoms with Crippen molar-refractivity contribution in [3.05, 3.63) is 81.2 Å². The number of hydrogen-bond acceptors (Lipinski definition) is 5. The number of thiophene rings is 1. The van der Waals surface area contributed by atoms with Crippen LogP contribution in [0.2, 0.25) is 0 Å². The highest BCUT2D eigenvalue weighted by molar-refractivity contribution is 7.10. The van der Waals surface area contributed by atoms with Gasteiger partial charge in [0.05, 0.1) is 23.4 Å². The van der Waals surface area contributed by atoms with Gasteiger partial charge in [0.25, 0.3) is 0 Å². The van der Waals surface area contributed by atoms with Crippen molar-refractivity contribution in [1.29, 1.82) is 15.8 Å². The fourth-order valence-electron chi connectivity index (χ4n) is 4.66. The number of fused-ring (bicyclic) bond motifs is 1. The average Bonchev–Trinajstić information content (AvgIpc) is 3.27. The molecule has 2 aliphatic rings. The van der Waals surface area contributed by atoms with Gasteiger partial charge in [-0.05, 0) is 47.3 Å². The van der Waals surface area contributed by atoms with Gasteiger partial charge in [-0.25, -0.2) is 0 Å². The van der Waals surface area contributed by atoms with Crippen molar-refractivity contribution in [2.24, 2.45) is 17.1 Å². The van der Waals surface area contributed by atoms with Crippen LogP contribution in [0.1, 0.15) is 35.1 Å². The summed E-state index contributed by atoms with van der Waals surface area (Å²) in [5, 5.41) is 31.8. The first kappa shape index (κ1) is 18.1. The summed E-state index contributed by atoms with van der Waals surface area (Å²) in [5.41, 5.74) is 7.33. The summed E-state index contributed by atoms with van der Waals surface area (Å²) in [7, 11) is 0. The molecule has 0 fully saturated rings. The van der Waals surface area contributed by atoms with Crippen molar-refractivity contribution in [2.45, 2.75) is 24.7 Å². The number of hydrogen-bond donors (Lipinski definition) is 1. The molecule has 4 nitrogen and oxygen atoms in total. The lowest BCUT2D eigenvalue weighted by Gasteiger charge is -2.44. The molecular weight excluding hydrogens is 364 g/mol. The Morgan fingerprint density at radius 2 is 1.79 bits per heavy atom. The van der Waals surface area contributed by atoms with Crippen LogP contribution in [0.25, 0.3) is 0 Å². The minimum absolute atomic E-state index is 0.0964. The molecule has 0 bridgehead atoms. The Hall–Kier alpha value is -3.33. The molecule has 2 aliphatic carbocycles. The zero-order valence-electron chi connectivity index (χ0n) is 15.2. The molecule has 0 saturated heterocycles. The molecule has 0 saturated carbocycles. The fraction of sp³-hybridized carbons (Fsp3) is 0.261. The first-order chi connectivity index (χ1) is 13.7. The Balaban J connectivity index is 1.91. The van der Waals surface area contributed by atoms with E-state index in [1.165, 1.54) is 16.9 Å². The van der Waals surface area contributed by atoms with E-state index in [2.05, 4.69) is 36.4 Å². The number of rotatable bonds is 2. The second-order valence-electron chi connectivity index (χ2n) is 7.27. The Morgan fingerprint density at radius 3 is 2.39 bits per heavy atom. The number of allylic oxidation sites excluding steroid dienone is 4. The van der Waals surface area contributed by atoms with E-state index in [9.17, 15) is 15.8 Å². The molecule has 1 heterocycles. The molecule has 2 aromatic rings. The second-order valence-corrected chi connectivity index (χ2v) is 8.25. The van der Waals surface area contributed by atoms with E-state index < -0.39 is 5.41 Å². The first-order valence-electron chi connectivity index (χ1n) is 9.18. The molecule has 2 N–H and O–H groups in total. The van der Waals surface area contributed by atoms with Crippen LogP contribution in [-0.4, -0.2) is 0 Å². The second kappa shape index (κ2) is 7.01. The zero-order chi connectivity index (χ0) is 19.7. The maximum Gasteiger partial charge on any atom is 0.192 e. The Labute approximate surface area is 168 Å². The Bertz CT molecular complexity index is 1060. The SMILES string of the molecule is N#CC1=C(N)C(C#N)(C#N)[C@H](c2cccs2)[C@H]2C[C@H](c3ccccc3)CC=C12. The molecule has 1 aromatic heterocycles. The monoisotopic (exact) mass is 382 g/mol. The largest absolute Gasteiger partial charge is 0.399 e. The lowest BCUT2D eigenvalue weighted by atomic mass is 9.57. The maximum atomic E-state index is 10.1.